The molecule has 29 heavy (non-hydrogen) atoms. The first-order valence-electron chi connectivity index (χ1n) is 9.60. The van der Waals surface area contributed by atoms with Gasteiger partial charge in [-0.2, -0.15) is 0 Å². The van der Waals surface area contributed by atoms with Crippen LogP contribution in [0.15, 0.2) is 82.7 Å². The number of halogens is 1. The van der Waals surface area contributed by atoms with E-state index < -0.39 is 0 Å². The Morgan fingerprint density at radius 1 is 1.00 bits per heavy atom. The van der Waals surface area contributed by atoms with Crippen molar-refractivity contribution in [1.82, 2.24) is 9.55 Å². The first-order chi connectivity index (χ1) is 14.1. The third-order valence-corrected chi connectivity index (χ3v) is 6.08. The van der Waals surface area contributed by atoms with Crippen molar-refractivity contribution in [1.29, 1.82) is 0 Å². The van der Waals surface area contributed by atoms with E-state index in [9.17, 15) is 9.18 Å². The molecule has 146 valence electrons. The van der Waals surface area contributed by atoms with E-state index in [2.05, 4.69) is 6.92 Å². The fourth-order valence-corrected chi connectivity index (χ4v) is 4.31. The van der Waals surface area contributed by atoms with Gasteiger partial charge in [-0.05, 0) is 60.9 Å². The predicted molar refractivity (Wildman–Crippen MR) is 117 cm³/mol. The summed E-state index contributed by atoms with van der Waals surface area (Å²) in [7, 11) is 0. The number of aromatic nitrogens is 2. The molecule has 0 N–H and O–H groups in total. The van der Waals surface area contributed by atoms with Crippen LogP contribution >= 0.6 is 11.8 Å². The number of benzene rings is 3. The van der Waals surface area contributed by atoms with E-state index >= 15 is 0 Å². The zero-order valence-corrected chi connectivity index (χ0v) is 17.1. The summed E-state index contributed by atoms with van der Waals surface area (Å²) < 4.78 is 15.0. The van der Waals surface area contributed by atoms with Gasteiger partial charge in [-0.25, -0.2) is 9.37 Å². The van der Waals surface area contributed by atoms with Gasteiger partial charge in [-0.1, -0.05) is 55.1 Å². The van der Waals surface area contributed by atoms with Crippen LogP contribution in [-0.4, -0.2) is 9.55 Å². The molecule has 3 aromatic carbocycles. The van der Waals surface area contributed by atoms with E-state index in [0.717, 1.165) is 17.7 Å². The molecule has 4 rings (SSSR count). The van der Waals surface area contributed by atoms with Gasteiger partial charge < -0.3 is 0 Å². The zero-order chi connectivity index (χ0) is 20.4. The fourth-order valence-electron chi connectivity index (χ4n) is 3.26. The highest BCUT2D eigenvalue weighted by Gasteiger charge is 2.17. The number of fused-ring (bicyclic) bond motifs is 1. The summed E-state index contributed by atoms with van der Waals surface area (Å²) in [5.41, 5.74) is 3.57. The van der Waals surface area contributed by atoms with Crippen molar-refractivity contribution < 1.29 is 4.39 Å². The zero-order valence-electron chi connectivity index (χ0n) is 16.3. The van der Waals surface area contributed by atoms with Crippen LogP contribution in [0.5, 0.6) is 0 Å². The Morgan fingerprint density at radius 3 is 2.38 bits per heavy atom. The second kappa shape index (κ2) is 8.21. The molecule has 0 bridgehead atoms. The number of nitrogens with zero attached hydrogens (tertiary/aromatic N) is 2. The van der Waals surface area contributed by atoms with Crippen LogP contribution in [0.25, 0.3) is 16.6 Å². The summed E-state index contributed by atoms with van der Waals surface area (Å²) in [5.74, 6) is -0.261. The lowest BCUT2D eigenvalue weighted by Crippen LogP contribution is -2.22. The molecule has 0 radical (unpaired) electrons. The predicted octanol–water partition coefficient (Wildman–Crippen LogP) is 5.94. The standard InChI is InChI=1S/C24H21FN2OS/c1-3-17-8-14-20(15-9-17)27-23(28)21-6-4-5-7-22(21)26-24(27)29-16(2)18-10-12-19(25)13-11-18/h4-16H,3H2,1-2H3/t16-/m0/s1. The Balaban J connectivity index is 1.84. The van der Waals surface area contributed by atoms with Crippen molar-refractivity contribution in [2.24, 2.45) is 0 Å². The van der Waals surface area contributed by atoms with Gasteiger partial charge in [0.25, 0.3) is 5.56 Å². The molecule has 1 atom stereocenters. The van der Waals surface area contributed by atoms with E-state index in [1.807, 2.05) is 49.4 Å². The maximum atomic E-state index is 13.3. The Hall–Kier alpha value is -2.92. The maximum Gasteiger partial charge on any atom is 0.266 e. The SMILES string of the molecule is CCc1ccc(-n2c(S[C@@H](C)c3ccc(F)cc3)nc3ccccc3c2=O)cc1. The van der Waals surface area contributed by atoms with Gasteiger partial charge in [-0.15, -0.1) is 0 Å². The van der Waals surface area contributed by atoms with Crippen LogP contribution < -0.4 is 5.56 Å². The van der Waals surface area contributed by atoms with Crippen molar-refractivity contribution in [2.45, 2.75) is 30.7 Å². The quantitative estimate of drug-likeness (QED) is 0.305. The molecule has 0 aliphatic carbocycles. The number of aryl methyl sites for hydroxylation is 1. The number of rotatable bonds is 5. The Kier molecular flexibility index (Phi) is 5.49. The smallest absolute Gasteiger partial charge is 0.266 e. The second-order valence-electron chi connectivity index (χ2n) is 6.88. The summed E-state index contributed by atoms with van der Waals surface area (Å²) in [6.45, 7) is 4.13. The minimum Gasteiger partial charge on any atom is -0.268 e. The molecule has 4 aromatic rings. The van der Waals surface area contributed by atoms with Crippen molar-refractivity contribution in [3.05, 3.63) is 100 Å². The van der Waals surface area contributed by atoms with Crippen molar-refractivity contribution >= 4 is 22.7 Å². The third-order valence-electron chi connectivity index (χ3n) is 4.97. The normalized spacial score (nSPS) is 12.2. The molecule has 0 saturated heterocycles. The monoisotopic (exact) mass is 404 g/mol. The number of hydrogen-bond acceptors (Lipinski definition) is 3. The number of hydrogen-bond donors (Lipinski definition) is 0. The highest BCUT2D eigenvalue weighted by Crippen LogP contribution is 2.34. The van der Waals surface area contributed by atoms with Gasteiger partial charge in [0.05, 0.1) is 16.6 Å². The Labute approximate surface area is 173 Å². The third kappa shape index (κ3) is 3.96. The lowest BCUT2D eigenvalue weighted by Gasteiger charge is -2.17. The summed E-state index contributed by atoms with van der Waals surface area (Å²) in [6.07, 6.45) is 0.939. The first kappa shape index (κ1) is 19.4. The van der Waals surface area contributed by atoms with Gasteiger partial charge >= 0.3 is 0 Å². The minimum atomic E-state index is -0.261. The fraction of sp³-hybridized carbons (Fsp3) is 0.167. The van der Waals surface area contributed by atoms with Gasteiger partial charge in [0.15, 0.2) is 5.16 Å². The Bertz CT molecular complexity index is 1200. The Morgan fingerprint density at radius 2 is 1.69 bits per heavy atom. The van der Waals surface area contributed by atoms with Crippen LogP contribution in [0, 0.1) is 5.82 Å². The molecule has 1 heterocycles. The van der Waals surface area contributed by atoms with E-state index in [0.29, 0.717) is 16.1 Å². The summed E-state index contributed by atoms with van der Waals surface area (Å²) in [4.78, 5) is 18.1. The van der Waals surface area contributed by atoms with Crippen molar-refractivity contribution in [3.63, 3.8) is 0 Å². The maximum absolute atomic E-state index is 13.3. The highest BCUT2D eigenvalue weighted by atomic mass is 32.2. The summed E-state index contributed by atoms with van der Waals surface area (Å²) in [5, 5.41) is 1.21. The molecule has 0 unspecified atom stereocenters. The molecule has 5 heteroatoms. The molecular formula is C24H21FN2OS. The van der Waals surface area contributed by atoms with Crippen LogP contribution in [0.4, 0.5) is 4.39 Å². The van der Waals surface area contributed by atoms with Gasteiger partial charge in [0.2, 0.25) is 0 Å². The average Bonchev–Trinajstić information content (AvgIpc) is 2.74. The van der Waals surface area contributed by atoms with Gasteiger partial charge in [-0.3, -0.25) is 9.36 Å². The average molecular weight is 405 g/mol. The summed E-state index contributed by atoms with van der Waals surface area (Å²) >= 11 is 1.49. The lowest BCUT2D eigenvalue weighted by atomic mass is 10.1. The lowest BCUT2D eigenvalue weighted by molar-refractivity contribution is 0.627. The van der Waals surface area contributed by atoms with E-state index in [4.69, 9.17) is 4.98 Å². The molecule has 0 spiro atoms. The van der Waals surface area contributed by atoms with Crippen LogP contribution in [0.3, 0.4) is 0 Å². The van der Waals surface area contributed by atoms with Crippen LogP contribution in [0.2, 0.25) is 0 Å². The second-order valence-corrected chi connectivity index (χ2v) is 8.19. The minimum absolute atomic E-state index is 0.00447. The largest absolute Gasteiger partial charge is 0.268 e. The van der Waals surface area contributed by atoms with Crippen molar-refractivity contribution in [2.75, 3.05) is 0 Å². The van der Waals surface area contributed by atoms with Crippen LogP contribution in [0.1, 0.15) is 30.2 Å². The van der Waals surface area contributed by atoms with Crippen molar-refractivity contribution in [3.8, 4) is 5.69 Å². The van der Waals surface area contributed by atoms with Gasteiger partial charge in [0, 0.05) is 5.25 Å². The first-order valence-corrected chi connectivity index (χ1v) is 10.5. The molecule has 0 amide bonds. The molecule has 0 saturated carbocycles. The number of para-hydroxylation sites is 1. The molecule has 3 nitrogen and oxygen atoms in total. The number of thioether (sulfide) groups is 1. The van der Waals surface area contributed by atoms with Gasteiger partial charge in [0.1, 0.15) is 5.82 Å². The topological polar surface area (TPSA) is 34.9 Å². The highest BCUT2D eigenvalue weighted by molar-refractivity contribution is 7.99. The van der Waals surface area contributed by atoms with E-state index in [1.165, 1.54) is 29.5 Å². The van der Waals surface area contributed by atoms with E-state index in [1.54, 1.807) is 22.8 Å². The molecule has 1 aromatic heterocycles. The molecule has 0 aliphatic rings. The van der Waals surface area contributed by atoms with E-state index in [-0.39, 0.29) is 16.6 Å². The summed E-state index contributed by atoms with van der Waals surface area (Å²) in [6, 6.07) is 21.8. The van der Waals surface area contributed by atoms with Crippen LogP contribution in [-0.2, 0) is 6.42 Å². The molecular weight excluding hydrogens is 383 g/mol. The molecule has 0 fully saturated rings. The molecule has 0 aliphatic heterocycles.